The fraction of sp³-hybridized carbons (Fsp3) is 0.391. The topological polar surface area (TPSA) is 34.9 Å². The van der Waals surface area contributed by atoms with Gasteiger partial charge in [0.25, 0.3) is 5.56 Å². The van der Waals surface area contributed by atoms with Crippen molar-refractivity contribution in [2.45, 2.75) is 58.8 Å². The summed E-state index contributed by atoms with van der Waals surface area (Å²) in [5.41, 5.74) is 5.74. The Kier molecular flexibility index (Phi) is 3.97. The molecule has 2 aromatic heterocycles. The van der Waals surface area contributed by atoms with Gasteiger partial charge in [0.2, 0.25) is 0 Å². The predicted molar refractivity (Wildman–Crippen MR) is 117 cm³/mol. The third kappa shape index (κ3) is 2.53. The van der Waals surface area contributed by atoms with Crippen LogP contribution in [-0.2, 0) is 13.0 Å². The first kappa shape index (κ1) is 18.2. The fourth-order valence-electron chi connectivity index (χ4n) is 4.20. The Morgan fingerprint density at radius 3 is 2.48 bits per heavy atom. The highest BCUT2D eigenvalue weighted by Crippen LogP contribution is 2.41. The lowest BCUT2D eigenvalue weighted by atomic mass is 10.0. The molecule has 140 valence electrons. The first-order valence-electron chi connectivity index (χ1n) is 9.82. The molecule has 0 spiro atoms. The lowest BCUT2D eigenvalue weighted by Crippen LogP contribution is -2.51. The van der Waals surface area contributed by atoms with Crippen molar-refractivity contribution in [1.82, 2.24) is 9.55 Å². The standard InChI is InChI=1S/C23H28N2OSi/c1-7-15-10-8-11-17-20(15)22(27(5,6)23(2,3)4)16-14-25-18(21(16)24-17)12-9-13-19(25)26/h8-13H,7,14H2,1-6H3. The van der Waals surface area contributed by atoms with E-state index in [1.807, 2.05) is 16.7 Å². The van der Waals surface area contributed by atoms with Gasteiger partial charge < -0.3 is 4.57 Å². The molecule has 0 amide bonds. The van der Waals surface area contributed by atoms with E-state index < -0.39 is 8.07 Å². The number of hydrogen-bond acceptors (Lipinski definition) is 2. The Balaban J connectivity index is 2.19. The Morgan fingerprint density at radius 2 is 1.81 bits per heavy atom. The smallest absolute Gasteiger partial charge is 0.251 e. The summed E-state index contributed by atoms with van der Waals surface area (Å²) in [6.07, 6.45) is 0.992. The summed E-state index contributed by atoms with van der Waals surface area (Å²) in [5.74, 6) is 0. The van der Waals surface area contributed by atoms with Crippen LogP contribution in [0.5, 0.6) is 0 Å². The highest BCUT2D eigenvalue weighted by Gasteiger charge is 2.42. The molecule has 0 unspecified atom stereocenters. The minimum atomic E-state index is -1.86. The quantitative estimate of drug-likeness (QED) is 0.475. The van der Waals surface area contributed by atoms with Crippen molar-refractivity contribution in [1.29, 1.82) is 0 Å². The Morgan fingerprint density at radius 1 is 1.11 bits per heavy atom. The summed E-state index contributed by atoms with van der Waals surface area (Å²) in [6.45, 7) is 14.9. The average molecular weight is 377 g/mol. The van der Waals surface area contributed by atoms with Gasteiger partial charge in [-0.1, -0.05) is 59.0 Å². The molecule has 4 heteroatoms. The summed E-state index contributed by atoms with van der Waals surface area (Å²) in [6, 6.07) is 12.0. The van der Waals surface area contributed by atoms with Crippen LogP contribution in [0.4, 0.5) is 0 Å². The van der Waals surface area contributed by atoms with Gasteiger partial charge in [0.1, 0.15) is 0 Å². The maximum atomic E-state index is 12.5. The van der Waals surface area contributed by atoms with Gasteiger partial charge in [0.05, 0.1) is 31.5 Å². The second kappa shape index (κ2) is 5.90. The zero-order valence-electron chi connectivity index (χ0n) is 17.2. The molecule has 1 aromatic carbocycles. The van der Waals surface area contributed by atoms with E-state index in [2.05, 4.69) is 59.0 Å². The van der Waals surface area contributed by atoms with Gasteiger partial charge in [-0.25, -0.2) is 4.98 Å². The van der Waals surface area contributed by atoms with Crippen LogP contribution < -0.4 is 10.7 Å². The normalized spacial score (nSPS) is 13.7. The highest BCUT2D eigenvalue weighted by atomic mass is 28.3. The van der Waals surface area contributed by atoms with Gasteiger partial charge in [0, 0.05) is 11.5 Å². The molecule has 1 aliphatic rings. The monoisotopic (exact) mass is 376 g/mol. The third-order valence-electron chi connectivity index (χ3n) is 6.69. The van der Waals surface area contributed by atoms with E-state index in [1.165, 1.54) is 21.7 Å². The summed E-state index contributed by atoms with van der Waals surface area (Å²) in [4.78, 5) is 17.6. The van der Waals surface area contributed by atoms with Crippen molar-refractivity contribution in [3.05, 3.63) is 57.9 Å². The number of nitrogens with zero attached hydrogens (tertiary/aromatic N) is 2. The van der Waals surface area contributed by atoms with Crippen molar-refractivity contribution < 1.29 is 0 Å². The molecule has 0 saturated heterocycles. The van der Waals surface area contributed by atoms with Gasteiger partial charge in [-0.05, 0) is 39.9 Å². The van der Waals surface area contributed by atoms with Crippen molar-refractivity contribution in [2.75, 3.05) is 0 Å². The van der Waals surface area contributed by atoms with Crippen LogP contribution in [0.1, 0.15) is 38.8 Å². The second-order valence-electron chi connectivity index (χ2n) is 9.19. The zero-order chi connectivity index (χ0) is 19.6. The van der Waals surface area contributed by atoms with Gasteiger partial charge >= 0.3 is 0 Å². The van der Waals surface area contributed by atoms with Crippen LogP contribution in [0, 0.1) is 0 Å². The fourth-order valence-corrected chi connectivity index (χ4v) is 6.81. The van der Waals surface area contributed by atoms with Crippen LogP contribution in [0.3, 0.4) is 0 Å². The molecule has 3 aromatic rings. The third-order valence-corrected chi connectivity index (χ3v) is 12.2. The maximum Gasteiger partial charge on any atom is 0.251 e. The van der Waals surface area contributed by atoms with Gasteiger partial charge in [0.15, 0.2) is 0 Å². The van der Waals surface area contributed by atoms with Crippen LogP contribution in [-0.4, -0.2) is 17.6 Å². The Hall–Kier alpha value is -2.20. The van der Waals surface area contributed by atoms with Crippen LogP contribution >= 0.6 is 0 Å². The molecule has 3 nitrogen and oxygen atoms in total. The minimum absolute atomic E-state index is 0.0615. The SMILES string of the molecule is CCc1cccc2nc3c(c([Si](C)(C)C(C)(C)C)c12)Cn1c-3cccc1=O. The van der Waals surface area contributed by atoms with Crippen LogP contribution in [0.15, 0.2) is 41.2 Å². The molecule has 3 heterocycles. The molecule has 27 heavy (non-hydrogen) atoms. The number of hydrogen-bond donors (Lipinski definition) is 0. The molecule has 0 bridgehead atoms. The van der Waals surface area contributed by atoms with E-state index >= 15 is 0 Å². The number of fused-ring (bicyclic) bond motifs is 4. The number of rotatable bonds is 2. The largest absolute Gasteiger partial charge is 0.302 e. The predicted octanol–water partition coefficient (Wildman–Crippen LogP) is 4.70. The van der Waals surface area contributed by atoms with Crippen LogP contribution in [0.25, 0.3) is 22.3 Å². The van der Waals surface area contributed by atoms with E-state index in [4.69, 9.17) is 4.98 Å². The lowest BCUT2D eigenvalue weighted by molar-refractivity contribution is 0.728. The second-order valence-corrected chi connectivity index (χ2v) is 14.4. The molecule has 1 aliphatic heterocycles. The van der Waals surface area contributed by atoms with Crippen molar-refractivity contribution in [3.63, 3.8) is 0 Å². The number of aryl methyl sites for hydroxylation is 1. The summed E-state index contributed by atoms with van der Waals surface area (Å²) >= 11 is 0. The zero-order valence-corrected chi connectivity index (χ0v) is 18.2. The molecule has 0 atom stereocenters. The molecule has 0 fully saturated rings. The Bertz CT molecular complexity index is 1120. The first-order chi connectivity index (χ1) is 12.7. The van der Waals surface area contributed by atoms with E-state index in [0.29, 0.717) is 6.54 Å². The summed E-state index contributed by atoms with van der Waals surface area (Å²) in [5, 5.41) is 3.04. The highest BCUT2D eigenvalue weighted by molar-refractivity contribution is 6.94. The van der Waals surface area contributed by atoms with Gasteiger partial charge in [-0.2, -0.15) is 0 Å². The molecular formula is C23H28N2OSi. The van der Waals surface area contributed by atoms with Crippen molar-refractivity contribution in [2.24, 2.45) is 0 Å². The average Bonchev–Trinajstić information content (AvgIpc) is 2.97. The van der Waals surface area contributed by atoms with Crippen molar-refractivity contribution in [3.8, 4) is 11.4 Å². The molecule has 0 radical (unpaired) electrons. The number of benzene rings is 1. The maximum absolute atomic E-state index is 12.5. The van der Waals surface area contributed by atoms with Gasteiger partial charge in [-0.3, -0.25) is 4.79 Å². The Labute approximate surface area is 162 Å². The van der Waals surface area contributed by atoms with E-state index in [1.54, 1.807) is 6.07 Å². The molecule has 0 saturated carbocycles. The first-order valence-corrected chi connectivity index (χ1v) is 12.8. The van der Waals surface area contributed by atoms with E-state index in [-0.39, 0.29) is 10.6 Å². The summed E-state index contributed by atoms with van der Waals surface area (Å²) in [7, 11) is -1.86. The molecule has 0 aliphatic carbocycles. The van der Waals surface area contributed by atoms with E-state index in [9.17, 15) is 4.79 Å². The lowest BCUT2D eigenvalue weighted by Gasteiger charge is -2.39. The molecular weight excluding hydrogens is 348 g/mol. The minimum Gasteiger partial charge on any atom is -0.302 e. The number of aromatic nitrogens is 2. The molecule has 0 N–H and O–H groups in total. The molecule has 4 rings (SSSR count). The van der Waals surface area contributed by atoms with Crippen LogP contribution in [0.2, 0.25) is 18.1 Å². The van der Waals surface area contributed by atoms with Crippen molar-refractivity contribution >= 4 is 24.2 Å². The van der Waals surface area contributed by atoms with E-state index in [0.717, 1.165) is 23.3 Å². The summed E-state index contributed by atoms with van der Waals surface area (Å²) < 4.78 is 1.89. The van der Waals surface area contributed by atoms with Gasteiger partial charge in [-0.15, -0.1) is 0 Å². The number of pyridine rings is 2.